The van der Waals surface area contributed by atoms with E-state index in [1.165, 1.54) is 25.4 Å². The number of rotatable bonds is 8. The zero-order valence-electron chi connectivity index (χ0n) is 22.4. The third-order valence-corrected chi connectivity index (χ3v) is 7.11. The maximum absolute atomic E-state index is 14.8. The van der Waals surface area contributed by atoms with Gasteiger partial charge in [-0.05, 0) is 29.8 Å². The lowest BCUT2D eigenvalue weighted by Gasteiger charge is -2.37. The Morgan fingerprint density at radius 2 is 1.93 bits per heavy atom. The van der Waals surface area contributed by atoms with Gasteiger partial charge in [-0.2, -0.15) is 5.26 Å². The Morgan fingerprint density at radius 3 is 2.63 bits per heavy atom. The number of carbonyl (C=O) groups is 1. The number of primary amides is 1. The van der Waals surface area contributed by atoms with Gasteiger partial charge in [-0.25, -0.2) is 14.4 Å². The number of piperazine rings is 1. The van der Waals surface area contributed by atoms with Crippen LogP contribution in [0.3, 0.4) is 0 Å². The van der Waals surface area contributed by atoms with Crippen LogP contribution in [-0.2, 0) is 0 Å². The number of benzene rings is 2. The predicted molar refractivity (Wildman–Crippen MR) is 152 cm³/mol. The number of halogens is 1. The van der Waals surface area contributed by atoms with Crippen LogP contribution < -0.4 is 15.4 Å². The topological polar surface area (TPSA) is 141 Å². The molecule has 41 heavy (non-hydrogen) atoms. The van der Waals surface area contributed by atoms with E-state index in [-0.39, 0.29) is 29.4 Å². The van der Waals surface area contributed by atoms with Crippen molar-refractivity contribution in [1.29, 1.82) is 5.26 Å². The normalized spacial score (nSPS) is 13.6. The van der Waals surface area contributed by atoms with Gasteiger partial charge < -0.3 is 20.5 Å². The molecule has 208 valence electrons. The molecule has 2 aromatic carbocycles. The van der Waals surface area contributed by atoms with E-state index >= 15 is 0 Å². The molecule has 2 aromatic heterocycles. The first kappa shape index (κ1) is 27.6. The van der Waals surface area contributed by atoms with Crippen LogP contribution in [-0.4, -0.2) is 77.3 Å². The highest BCUT2D eigenvalue weighted by atomic mass is 19.1. The van der Waals surface area contributed by atoms with E-state index in [0.29, 0.717) is 41.9 Å². The van der Waals surface area contributed by atoms with Crippen molar-refractivity contribution in [2.24, 2.45) is 5.73 Å². The van der Waals surface area contributed by atoms with Gasteiger partial charge in [-0.3, -0.25) is 14.7 Å². The summed E-state index contributed by atoms with van der Waals surface area (Å²) in [5, 5.41) is 19.0. The van der Waals surface area contributed by atoms with Crippen LogP contribution in [0.15, 0.2) is 61.1 Å². The molecule has 5 rings (SSSR count). The molecule has 0 radical (unpaired) electrons. The van der Waals surface area contributed by atoms with Crippen LogP contribution in [0, 0.1) is 17.1 Å². The van der Waals surface area contributed by atoms with Crippen molar-refractivity contribution in [2.45, 2.75) is 0 Å². The first-order valence-corrected chi connectivity index (χ1v) is 13.0. The Labute approximate surface area is 236 Å². The molecule has 1 amide bonds. The lowest BCUT2D eigenvalue weighted by Crippen LogP contribution is -2.47. The van der Waals surface area contributed by atoms with Crippen LogP contribution in [0.5, 0.6) is 5.75 Å². The van der Waals surface area contributed by atoms with Gasteiger partial charge in [0, 0.05) is 73.7 Å². The van der Waals surface area contributed by atoms with Crippen molar-refractivity contribution in [3.8, 4) is 45.5 Å². The largest absolute Gasteiger partial charge is 0.496 e. The maximum atomic E-state index is 14.8. The number of aliphatic hydroxyl groups is 1. The Morgan fingerprint density at radius 1 is 1.12 bits per heavy atom. The quantitative estimate of drug-likeness (QED) is 0.337. The number of nitrogens with zero attached hydrogens (tertiary/aromatic N) is 6. The minimum atomic E-state index is -0.791. The van der Waals surface area contributed by atoms with Gasteiger partial charge in [-0.1, -0.05) is 18.2 Å². The molecule has 1 fully saturated rings. The van der Waals surface area contributed by atoms with Gasteiger partial charge in [0.15, 0.2) is 5.82 Å². The lowest BCUT2D eigenvalue weighted by molar-refractivity contribution is 0.0996. The molecular weight excluding hydrogens is 525 g/mol. The number of pyridine rings is 1. The number of hydrogen-bond acceptors (Lipinski definition) is 9. The van der Waals surface area contributed by atoms with Crippen LogP contribution in [0.25, 0.3) is 33.6 Å². The molecular formula is C30H28FN7O3. The highest BCUT2D eigenvalue weighted by molar-refractivity contribution is 6.00. The summed E-state index contributed by atoms with van der Waals surface area (Å²) < 4.78 is 20.1. The standard InChI is InChI=1S/C30H28FN7O3/c1-41-26-4-2-3-24(31)27(26)30-35-18-23(28(36-30)29(33)40)21-6-5-19(22-17-34-8-7-20(22)16-32)15-25(21)38-11-9-37(10-12-38)13-14-39/h2-8,15,17-18,39H,9-14H2,1H3,(H2,33,40). The van der Waals surface area contributed by atoms with Gasteiger partial charge in [0.25, 0.3) is 5.91 Å². The van der Waals surface area contributed by atoms with Gasteiger partial charge in [0.05, 0.1) is 30.9 Å². The third-order valence-electron chi connectivity index (χ3n) is 7.11. The van der Waals surface area contributed by atoms with E-state index in [1.54, 1.807) is 24.5 Å². The fraction of sp³-hybridized carbons (Fsp3) is 0.233. The monoisotopic (exact) mass is 553 g/mol. The molecule has 0 bridgehead atoms. The molecule has 1 aliphatic heterocycles. The first-order valence-electron chi connectivity index (χ1n) is 13.0. The second-order valence-corrected chi connectivity index (χ2v) is 9.45. The fourth-order valence-electron chi connectivity index (χ4n) is 5.04. The summed E-state index contributed by atoms with van der Waals surface area (Å²) in [5.74, 6) is -1.19. The lowest BCUT2D eigenvalue weighted by atomic mass is 9.95. The van der Waals surface area contributed by atoms with E-state index in [9.17, 15) is 19.6 Å². The highest BCUT2D eigenvalue weighted by Crippen LogP contribution is 2.38. The third kappa shape index (κ3) is 5.56. The number of aliphatic hydroxyl groups excluding tert-OH is 1. The summed E-state index contributed by atoms with van der Waals surface area (Å²) in [6.45, 7) is 3.44. The van der Waals surface area contributed by atoms with Crippen molar-refractivity contribution >= 4 is 11.6 Å². The number of carbonyl (C=O) groups excluding carboxylic acids is 1. The van der Waals surface area contributed by atoms with Crippen molar-refractivity contribution in [1.82, 2.24) is 19.9 Å². The minimum Gasteiger partial charge on any atom is -0.496 e. The molecule has 11 heteroatoms. The van der Waals surface area contributed by atoms with Crippen molar-refractivity contribution in [2.75, 3.05) is 51.3 Å². The number of ether oxygens (including phenoxy) is 1. The number of hydrogen-bond donors (Lipinski definition) is 2. The van der Waals surface area contributed by atoms with Gasteiger partial charge in [-0.15, -0.1) is 0 Å². The zero-order chi connectivity index (χ0) is 28.9. The number of β-amino-alcohol motifs (C(OH)–C–C–N with tert-alkyl or cyclic N) is 1. The van der Waals surface area contributed by atoms with E-state index in [1.807, 2.05) is 18.2 Å². The maximum Gasteiger partial charge on any atom is 0.268 e. The summed E-state index contributed by atoms with van der Waals surface area (Å²) in [5.41, 5.74) is 9.55. The van der Waals surface area contributed by atoms with Crippen molar-refractivity contribution in [3.05, 3.63) is 78.1 Å². The summed E-state index contributed by atoms with van der Waals surface area (Å²) >= 11 is 0. The summed E-state index contributed by atoms with van der Waals surface area (Å²) in [6.07, 6.45) is 4.69. The number of nitriles is 1. The number of amides is 1. The minimum absolute atomic E-state index is 0.0256. The fourth-order valence-corrected chi connectivity index (χ4v) is 5.04. The van der Waals surface area contributed by atoms with Crippen LogP contribution in [0.4, 0.5) is 10.1 Å². The van der Waals surface area contributed by atoms with E-state index < -0.39 is 11.7 Å². The molecule has 3 heterocycles. The number of aromatic nitrogens is 3. The van der Waals surface area contributed by atoms with Gasteiger partial charge in [0.2, 0.25) is 0 Å². The Balaban J connectivity index is 1.65. The molecule has 1 saturated heterocycles. The molecule has 0 spiro atoms. The van der Waals surface area contributed by atoms with Gasteiger partial charge in [0.1, 0.15) is 17.3 Å². The van der Waals surface area contributed by atoms with Gasteiger partial charge >= 0.3 is 0 Å². The number of anilines is 1. The van der Waals surface area contributed by atoms with E-state index in [2.05, 4.69) is 30.8 Å². The summed E-state index contributed by atoms with van der Waals surface area (Å²) in [7, 11) is 1.41. The Bertz CT molecular complexity index is 1630. The second-order valence-electron chi connectivity index (χ2n) is 9.45. The van der Waals surface area contributed by atoms with Crippen LogP contribution in [0.1, 0.15) is 16.1 Å². The van der Waals surface area contributed by atoms with Crippen molar-refractivity contribution in [3.63, 3.8) is 0 Å². The Kier molecular flexibility index (Phi) is 8.14. The van der Waals surface area contributed by atoms with E-state index in [4.69, 9.17) is 10.5 Å². The van der Waals surface area contributed by atoms with E-state index in [0.717, 1.165) is 24.3 Å². The molecule has 0 saturated carbocycles. The molecule has 0 aliphatic carbocycles. The Hall–Kier alpha value is -4.92. The number of methoxy groups -OCH3 is 1. The molecule has 4 aromatic rings. The molecule has 10 nitrogen and oxygen atoms in total. The van der Waals surface area contributed by atoms with Crippen LogP contribution in [0.2, 0.25) is 0 Å². The SMILES string of the molecule is COc1cccc(F)c1-c1ncc(-c2ccc(-c3cnccc3C#N)cc2N2CCN(CCO)CC2)c(C(N)=O)n1. The first-order chi connectivity index (χ1) is 19.9. The molecule has 3 N–H and O–H groups in total. The number of nitrogens with two attached hydrogens (primary N) is 1. The highest BCUT2D eigenvalue weighted by Gasteiger charge is 2.25. The summed E-state index contributed by atoms with van der Waals surface area (Å²) in [6, 6.07) is 13.9. The molecule has 1 aliphatic rings. The summed E-state index contributed by atoms with van der Waals surface area (Å²) in [4.78, 5) is 30.1. The van der Waals surface area contributed by atoms with Crippen molar-refractivity contribution < 1.29 is 19.0 Å². The zero-order valence-corrected chi connectivity index (χ0v) is 22.4. The average molecular weight is 554 g/mol. The predicted octanol–water partition coefficient (Wildman–Crippen LogP) is 3.11. The van der Waals surface area contributed by atoms with Crippen LogP contribution >= 0.6 is 0 Å². The molecule has 0 atom stereocenters. The second kappa shape index (κ2) is 12.1. The smallest absolute Gasteiger partial charge is 0.268 e. The average Bonchev–Trinajstić information content (AvgIpc) is 3.01. The molecule has 0 unspecified atom stereocenters.